The summed E-state index contributed by atoms with van der Waals surface area (Å²) in [6.07, 6.45) is 0.772. The van der Waals surface area contributed by atoms with Crippen molar-refractivity contribution in [3.05, 3.63) is 65.7 Å². The average molecular weight is 312 g/mol. The van der Waals surface area contributed by atoms with E-state index in [0.29, 0.717) is 6.54 Å². The van der Waals surface area contributed by atoms with Crippen LogP contribution in [0.15, 0.2) is 59.5 Å². The smallest absolute Gasteiger partial charge is 0.237 e. The summed E-state index contributed by atoms with van der Waals surface area (Å²) in [6.45, 7) is 1.46. The Morgan fingerprint density at radius 1 is 1.09 bits per heavy atom. The summed E-state index contributed by atoms with van der Waals surface area (Å²) in [7, 11) is 0. The van der Waals surface area contributed by atoms with E-state index in [0.717, 1.165) is 18.7 Å². The van der Waals surface area contributed by atoms with Crippen molar-refractivity contribution < 1.29 is 4.79 Å². The lowest BCUT2D eigenvalue weighted by Crippen LogP contribution is -2.48. The summed E-state index contributed by atoms with van der Waals surface area (Å²) in [5, 5.41) is 6.35. The van der Waals surface area contributed by atoms with Gasteiger partial charge in [0.25, 0.3) is 0 Å². The van der Waals surface area contributed by atoms with Crippen LogP contribution in [0.5, 0.6) is 0 Å². The van der Waals surface area contributed by atoms with Crippen LogP contribution in [-0.2, 0) is 17.8 Å². The van der Waals surface area contributed by atoms with Crippen LogP contribution in [0, 0.1) is 0 Å². The summed E-state index contributed by atoms with van der Waals surface area (Å²) in [6, 6.07) is 18.5. The molecule has 1 atom stereocenters. The highest BCUT2D eigenvalue weighted by atomic mass is 32.2. The van der Waals surface area contributed by atoms with E-state index >= 15 is 0 Å². The first-order chi connectivity index (χ1) is 10.8. The molecule has 1 aliphatic heterocycles. The molecule has 2 aromatic rings. The molecule has 0 spiro atoms. The average Bonchev–Trinajstić information content (AvgIpc) is 2.59. The van der Waals surface area contributed by atoms with Crippen LogP contribution in [-0.4, -0.2) is 24.2 Å². The van der Waals surface area contributed by atoms with Gasteiger partial charge in [-0.05, 0) is 29.7 Å². The molecule has 0 bridgehead atoms. The molecule has 2 N–H and O–H groups in total. The molecule has 0 aliphatic carbocycles. The Morgan fingerprint density at radius 3 is 2.64 bits per heavy atom. The summed E-state index contributed by atoms with van der Waals surface area (Å²) >= 11 is 1.76. The van der Waals surface area contributed by atoms with Crippen molar-refractivity contribution in [1.82, 2.24) is 10.6 Å². The van der Waals surface area contributed by atoms with Gasteiger partial charge in [-0.3, -0.25) is 4.79 Å². The van der Waals surface area contributed by atoms with Gasteiger partial charge in [-0.2, -0.15) is 0 Å². The number of amides is 1. The third kappa shape index (κ3) is 3.90. The van der Waals surface area contributed by atoms with Crippen LogP contribution in [0.2, 0.25) is 0 Å². The first-order valence-electron chi connectivity index (χ1n) is 7.58. The van der Waals surface area contributed by atoms with Crippen LogP contribution in [0.1, 0.15) is 11.1 Å². The predicted octanol–water partition coefficient (Wildman–Crippen LogP) is 2.61. The van der Waals surface area contributed by atoms with Gasteiger partial charge in [0.15, 0.2) is 0 Å². The first-order valence-corrected chi connectivity index (χ1v) is 8.57. The molecule has 0 saturated carbocycles. The fraction of sp³-hybridized carbons (Fsp3) is 0.278. The second kappa shape index (κ2) is 7.47. The molecule has 1 unspecified atom stereocenters. The van der Waals surface area contributed by atoms with Gasteiger partial charge < -0.3 is 10.6 Å². The van der Waals surface area contributed by atoms with Crippen LogP contribution >= 0.6 is 11.8 Å². The van der Waals surface area contributed by atoms with E-state index in [1.807, 2.05) is 30.3 Å². The maximum Gasteiger partial charge on any atom is 0.237 e. The molecular formula is C18H20N2OS. The zero-order chi connectivity index (χ0) is 15.2. The van der Waals surface area contributed by atoms with Crippen molar-refractivity contribution >= 4 is 17.7 Å². The number of nitrogens with one attached hydrogen (secondary N) is 2. The van der Waals surface area contributed by atoms with E-state index in [1.165, 1.54) is 16.0 Å². The van der Waals surface area contributed by atoms with Crippen LogP contribution in [0.25, 0.3) is 0 Å². The van der Waals surface area contributed by atoms with E-state index in [9.17, 15) is 4.79 Å². The molecule has 0 fully saturated rings. The lowest BCUT2D eigenvalue weighted by Gasteiger charge is -2.25. The summed E-state index contributed by atoms with van der Waals surface area (Å²) in [4.78, 5) is 13.5. The van der Waals surface area contributed by atoms with Gasteiger partial charge in [-0.1, -0.05) is 42.5 Å². The molecule has 0 saturated heterocycles. The monoisotopic (exact) mass is 312 g/mol. The van der Waals surface area contributed by atoms with E-state index in [-0.39, 0.29) is 11.9 Å². The van der Waals surface area contributed by atoms with Crippen molar-refractivity contribution in [2.24, 2.45) is 0 Å². The van der Waals surface area contributed by atoms with Gasteiger partial charge in [0.2, 0.25) is 5.91 Å². The van der Waals surface area contributed by atoms with E-state index in [4.69, 9.17) is 0 Å². The molecule has 1 heterocycles. The van der Waals surface area contributed by atoms with Gasteiger partial charge in [0, 0.05) is 23.7 Å². The quantitative estimate of drug-likeness (QED) is 0.659. The fourth-order valence-corrected chi connectivity index (χ4v) is 3.41. The molecule has 114 valence electrons. The van der Waals surface area contributed by atoms with Gasteiger partial charge in [-0.15, -0.1) is 11.8 Å². The zero-order valence-corrected chi connectivity index (χ0v) is 13.2. The molecule has 3 nitrogen and oxygen atoms in total. The lowest BCUT2D eigenvalue weighted by molar-refractivity contribution is -0.123. The minimum atomic E-state index is -0.114. The van der Waals surface area contributed by atoms with Crippen molar-refractivity contribution in [3.63, 3.8) is 0 Å². The normalized spacial score (nSPS) is 16.8. The number of hydrogen-bond donors (Lipinski definition) is 2. The van der Waals surface area contributed by atoms with E-state index < -0.39 is 0 Å². The van der Waals surface area contributed by atoms with Crippen LogP contribution in [0.3, 0.4) is 0 Å². The standard InChI is InChI=1S/C18H20N2OS/c21-18(19-10-11-22-16-8-2-1-3-9-16)17-12-14-6-4-5-7-15(14)13-20-17/h1-9,17,20H,10-13H2,(H,19,21). The Balaban J connectivity index is 1.43. The SMILES string of the molecule is O=C(NCCSc1ccccc1)C1Cc2ccccc2CN1. The molecule has 1 amide bonds. The molecule has 0 aromatic heterocycles. The minimum Gasteiger partial charge on any atom is -0.354 e. The Morgan fingerprint density at radius 2 is 1.82 bits per heavy atom. The van der Waals surface area contributed by atoms with E-state index in [1.54, 1.807) is 11.8 Å². The highest BCUT2D eigenvalue weighted by Crippen LogP contribution is 2.17. The fourth-order valence-electron chi connectivity index (χ4n) is 2.62. The Hall–Kier alpha value is -1.78. The Kier molecular flexibility index (Phi) is 5.14. The van der Waals surface area contributed by atoms with Gasteiger partial charge in [0.1, 0.15) is 0 Å². The maximum atomic E-state index is 12.2. The lowest BCUT2D eigenvalue weighted by atomic mass is 9.95. The minimum absolute atomic E-state index is 0.100. The molecule has 2 aromatic carbocycles. The predicted molar refractivity (Wildman–Crippen MR) is 90.9 cm³/mol. The highest BCUT2D eigenvalue weighted by Gasteiger charge is 2.23. The molecule has 22 heavy (non-hydrogen) atoms. The first kappa shape index (κ1) is 15.1. The number of rotatable bonds is 5. The number of carbonyl (C=O) groups is 1. The molecule has 4 heteroatoms. The Labute approximate surface area is 135 Å². The number of carbonyl (C=O) groups excluding carboxylic acids is 1. The molecule has 1 aliphatic rings. The third-order valence-corrected chi connectivity index (χ3v) is 4.82. The summed E-state index contributed by atoms with van der Waals surface area (Å²) in [5.41, 5.74) is 2.58. The number of thioether (sulfide) groups is 1. The van der Waals surface area contributed by atoms with Gasteiger partial charge >= 0.3 is 0 Å². The number of hydrogen-bond acceptors (Lipinski definition) is 3. The van der Waals surface area contributed by atoms with Gasteiger partial charge in [0.05, 0.1) is 6.04 Å². The van der Waals surface area contributed by atoms with Gasteiger partial charge in [-0.25, -0.2) is 0 Å². The number of benzene rings is 2. The second-order valence-electron chi connectivity index (χ2n) is 5.36. The second-order valence-corrected chi connectivity index (χ2v) is 6.53. The zero-order valence-electron chi connectivity index (χ0n) is 12.4. The summed E-state index contributed by atoms with van der Waals surface area (Å²) in [5.74, 6) is 0.988. The van der Waals surface area contributed by atoms with Crippen molar-refractivity contribution in [3.8, 4) is 0 Å². The summed E-state index contributed by atoms with van der Waals surface area (Å²) < 4.78 is 0. The molecule has 3 rings (SSSR count). The van der Waals surface area contributed by atoms with Crippen LogP contribution in [0.4, 0.5) is 0 Å². The maximum absolute atomic E-state index is 12.2. The van der Waals surface area contributed by atoms with Crippen molar-refractivity contribution in [2.45, 2.75) is 23.9 Å². The highest BCUT2D eigenvalue weighted by molar-refractivity contribution is 7.99. The molecular weight excluding hydrogens is 292 g/mol. The largest absolute Gasteiger partial charge is 0.354 e. The van der Waals surface area contributed by atoms with Crippen LogP contribution < -0.4 is 10.6 Å². The molecule has 0 radical (unpaired) electrons. The van der Waals surface area contributed by atoms with E-state index in [2.05, 4.69) is 34.9 Å². The third-order valence-electron chi connectivity index (χ3n) is 3.81. The topological polar surface area (TPSA) is 41.1 Å². The Bertz CT molecular complexity index is 630. The van der Waals surface area contributed by atoms with Crippen molar-refractivity contribution in [2.75, 3.05) is 12.3 Å². The number of fused-ring (bicyclic) bond motifs is 1. The van der Waals surface area contributed by atoms with Crippen molar-refractivity contribution in [1.29, 1.82) is 0 Å².